The molecule has 3 aromatic heterocycles. The molecule has 0 bridgehead atoms. The third-order valence-corrected chi connectivity index (χ3v) is 6.21. The Morgan fingerprint density at radius 3 is 2.76 bits per heavy atom. The molecule has 1 amide bonds. The molecule has 0 saturated heterocycles. The van der Waals surface area contributed by atoms with Crippen LogP contribution in [0.3, 0.4) is 0 Å². The van der Waals surface area contributed by atoms with Gasteiger partial charge in [0, 0.05) is 17.0 Å². The van der Waals surface area contributed by atoms with Crippen LogP contribution in [0.4, 0.5) is 0 Å². The summed E-state index contributed by atoms with van der Waals surface area (Å²) in [6.07, 6.45) is 2.29. The molecule has 1 atom stereocenters. The van der Waals surface area contributed by atoms with Crippen LogP contribution in [0, 0.1) is 0 Å². The third kappa shape index (κ3) is 4.78. The van der Waals surface area contributed by atoms with E-state index in [1.54, 1.807) is 23.7 Å². The highest BCUT2D eigenvalue weighted by atomic mass is 32.2. The molecule has 6 nitrogen and oxygen atoms in total. The minimum atomic E-state index is -0.328. The number of carbonyl (C=O) groups is 1. The summed E-state index contributed by atoms with van der Waals surface area (Å²) in [5, 5.41) is 14.1. The maximum Gasteiger partial charge on any atom is 0.233 e. The molecule has 0 aliphatic heterocycles. The van der Waals surface area contributed by atoms with Crippen molar-refractivity contribution >= 4 is 29.0 Å². The fourth-order valence-corrected chi connectivity index (χ4v) is 4.45. The van der Waals surface area contributed by atoms with E-state index in [0.29, 0.717) is 18.1 Å². The number of amides is 1. The average molecular weight is 425 g/mol. The molecule has 0 unspecified atom stereocenters. The van der Waals surface area contributed by atoms with E-state index < -0.39 is 0 Å². The Labute approximate surface area is 177 Å². The Bertz CT molecular complexity index is 1040. The predicted molar refractivity (Wildman–Crippen MR) is 114 cm³/mol. The van der Waals surface area contributed by atoms with Crippen LogP contribution < -0.4 is 5.32 Å². The van der Waals surface area contributed by atoms with Crippen molar-refractivity contribution in [2.75, 3.05) is 0 Å². The Balaban J connectivity index is 1.53. The maximum absolute atomic E-state index is 12.5. The number of nitrogens with zero attached hydrogens (tertiary/aromatic N) is 3. The maximum atomic E-state index is 12.5. The van der Waals surface area contributed by atoms with E-state index in [1.807, 2.05) is 54.0 Å². The van der Waals surface area contributed by atoms with Gasteiger partial charge in [0.05, 0.1) is 18.1 Å². The lowest BCUT2D eigenvalue weighted by atomic mass is 10.3. The normalized spacial score (nSPS) is 12.0. The zero-order valence-corrected chi connectivity index (χ0v) is 17.5. The standard InChI is InChI=1S/C21H20N4O2S2/c1-15(20(26)22-14-17-9-5-11-27-17)29-21-24-23-19(13-18-10-6-12-28-18)25(21)16-7-3-2-4-8-16/h2-12,15H,13-14H2,1H3,(H,22,26)/t15-/m0/s1. The van der Waals surface area contributed by atoms with Crippen LogP contribution in [0.15, 0.2) is 75.8 Å². The van der Waals surface area contributed by atoms with Gasteiger partial charge in [-0.2, -0.15) is 0 Å². The molecule has 1 aromatic carbocycles. The van der Waals surface area contributed by atoms with Crippen LogP contribution in [0.5, 0.6) is 0 Å². The molecule has 0 saturated carbocycles. The number of benzene rings is 1. The second-order valence-electron chi connectivity index (χ2n) is 6.38. The van der Waals surface area contributed by atoms with Gasteiger partial charge in [-0.25, -0.2) is 0 Å². The van der Waals surface area contributed by atoms with E-state index >= 15 is 0 Å². The number of nitrogens with one attached hydrogen (secondary N) is 1. The summed E-state index contributed by atoms with van der Waals surface area (Å²) >= 11 is 3.09. The number of furan rings is 1. The Morgan fingerprint density at radius 1 is 1.17 bits per heavy atom. The van der Waals surface area contributed by atoms with Gasteiger partial charge in [0.2, 0.25) is 5.91 Å². The fourth-order valence-electron chi connectivity index (χ4n) is 2.84. The van der Waals surface area contributed by atoms with Crippen molar-refractivity contribution in [2.24, 2.45) is 0 Å². The zero-order chi connectivity index (χ0) is 20.1. The summed E-state index contributed by atoms with van der Waals surface area (Å²) in [5.74, 6) is 1.50. The minimum Gasteiger partial charge on any atom is -0.467 e. The topological polar surface area (TPSA) is 73.0 Å². The van der Waals surface area contributed by atoms with Gasteiger partial charge in [-0.1, -0.05) is 36.0 Å². The molecule has 0 aliphatic carbocycles. The van der Waals surface area contributed by atoms with Crippen LogP contribution in [0.25, 0.3) is 5.69 Å². The Morgan fingerprint density at radius 2 is 2.03 bits per heavy atom. The first-order valence-electron chi connectivity index (χ1n) is 9.19. The van der Waals surface area contributed by atoms with Gasteiger partial charge < -0.3 is 9.73 Å². The Kier molecular flexibility index (Phi) is 6.12. The summed E-state index contributed by atoms with van der Waals surface area (Å²) in [6, 6.07) is 17.7. The molecule has 3 heterocycles. The highest BCUT2D eigenvalue weighted by molar-refractivity contribution is 8.00. The van der Waals surface area contributed by atoms with Gasteiger partial charge in [0.15, 0.2) is 5.16 Å². The van der Waals surface area contributed by atoms with Gasteiger partial charge in [-0.05, 0) is 42.6 Å². The summed E-state index contributed by atoms with van der Waals surface area (Å²) in [5.41, 5.74) is 0.981. The van der Waals surface area contributed by atoms with Crippen LogP contribution in [-0.4, -0.2) is 25.9 Å². The van der Waals surface area contributed by atoms with Gasteiger partial charge in [-0.15, -0.1) is 21.5 Å². The molecular formula is C21H20N4O2S2. The van der Waals surface area contributed by atoms with E-state index in [0.717, 1.165) is 17.3 Å². The molecular weight excluding hydrogens is 404 g/mol. The molecule has 0 fully saturated rings. The quantitative estimate of drug-likeness (QED) is 0.427. The van der Waals surface area contributed by atoms with Crippen molar-refractivity contribution in [1.82, 2.24) is 20.1 Å². The molecule has 1 N–H and O–H groups in total. The number of hydrogen-bond donors (Lipinski definition) is 1. The molecule has 29 heavy (non-hydrogen) atoms. The second kappa shape index (κ2) is 9.11. The van der Waals surface area contributed by atoms with E-state index in [1.165, 1.54) is 16.6 Å². The van der Waals surface area contributed by atoms with Gasteiger partial charge in [0.1, 0.15) is 11.6 Å². The first-order chi connectivity index (χ1) is 14.2. The highest BCUT2D eigenvalue weighted by Gasteiger charge is 2.21. The van der Waals surface area contributed by atoms with Crippen LogP contribution >= 0.6 is 23.1 Å². The molecule has 8 heteroatoms. The SMILES string of the molecule is C[C@H](Sc1nnc(Cc2cccs2)n1-c1ccccc1)C(=O)NCc1ccco1. The lowest BCUT2D eigenvalue weighted by Gasteiger charge is -2.13. The van der Waals surface area contributed by atoms with E-state index in [-0.39, 0.29) is 11.2 Å². The predicted octanol–water partition coefficient (Wildman–Crippen LogP) is 4.31. The van der Waals surface area contributed by atoms with Crippen molar-refractivity contribution in [3.8, 4) is 5.69 Å². The number of thiophene rings is 1. The molecule has 0 aliphatic rings. The molecule has 0 radical (unpaired) electrons. The average Bonchev–Trinajstić information content (AvgIpc) is 3.50. The number of thioether (sulfide) groups is 1. The molecule has 0 spiro atoms. The van der Waals surface area contributed by atoms with Crippen molar-refractivity contribution in [3.05, 3.63) is 82.7 Å². The van der Waals surface area contributed by atoms with Crippen molar-refractivity contribution in [3.63, 3.8) is 0 Å². The first kappa shape index (κ1) is 19.5. The monoisotopic (exact) mass is 424 g/mol. The number of aromatic nitrogens is 3. The van der Waals surface area contributed by atoms with Crippen molar-refractivity contribution in [1.29, 1.82) is 0 Å². The lowest BCUT2D eigenvalue weighted by Crippen LogP contribution is -2.30. The van der Waals surface area contributed by atoms with E-state index in [2.05, 4.69) is 27.0 Å². The molecule has 4 aromatic rings. The van der Waals surface area contributed by atoms with Gasteiger partial charge in [-0.3, -0.25) is 9.36 Å². The summed E-state index contributed by atoms with van der Waals surface area (Å²) in [4.78, 5) is 13.7. The number of carbonyl (C=O) groups excluding carboxylic acids is 1. The van der Waals surface area contributed by atoms with E-state index in [9.17, 15) is 4.79 Å². The minimum absolute atomic E-state index is 0.0752. The zero-order valence-electron chi connectivity index (χ0n) is 15.8. The largest absolute Gasteiger partial charge is 0.467 e. The van der Waals surface area contributed by atoms with Crippen LogP contribution in [0.1, 0.15) is 23.4 Å². The molecule has 148 valence electrons. The Hall–Kier alpha value is -2.84. The van der Waals surface area contributed by atoms with Crippen molar-refractivity contribution < 1.29 is 9.21 Å². The van der Waals surface area contributed by atoms with Gasteiger partial charge >= 0.3 is 0 Å². The van der Waals surface area contributed by atoms with Crippen LogP contribution in [0.2, 0.25) is 0 Å². The lowest BCUT2D eigenvalue weighted by molar-refractivity contribution is -0.120. The van der Waals surface area contributed by atoms with E-state index in [4.69, 9.17) is 4.42 Å². The first-order valence-corrected chi connectivity index (χ1v) is 11.0. The summed E-state index contributed by atoms with van der Waals surface area (Å²) in [6.45, 7) is 2.23. The second-order valence-corrected chi connectivity index (χ2v) is 8.72. The summed E-state index contributed by atoms with van der Waals surface area (Å²) < 4.78 is 7.29. The van der Waals surface area contributed by atoms with Gasteiger partial charge in [0.25, 0.3) is 0 Å². The number of para-hydroxylation sites is 1. The van der Waals surface area contributed by atoms with Crippen molar-refractivity contribution in [2.45, 2.75) is 30.3 Å². The summed E-state index contributed by atoms with van der Waals surface area (Å²) in [7, 11) is 0. The van der Waals surface area contributed by atoms with Crippen LogP contribution in [-0.2, 0) is 17.8 Å². The highest BCUT2D eigenvalue weighted by Crippen LogP contribution is 2.27. The third-order valence-electron chi connectivity index (χ3n) is 4.30. The fraction of sp³-hybridized carbons (Fsp3) is 0.190. The number of hydrogen-bond acceptors (Lipinski definition) is 6. The molecule has 4 rings (SSSR count). The number of rotatable bonds is 8. The smallest absolute Gasteiger partial charge is 0.233 e.